The molecule has 0 bridgehead atoms. The first-order valence-electron chi connectivity index (χ1n) is 5.75. The highest BCUT2D eigenvalue weighted by atomic mass is 32.1. The Bertz CT molecular complexity index is 514. The zero-order chi connectivity index (χ0) is 13.1. The summed E-state index contributed by atoms with van der Waals surface area (Å²) in [6.45, 7) is 4.00. The Labute approximate surface area is 110 Å². The summed E-state index contributed by atoms with van der Waals surface area (Å²) in [6, 6.07) is 4.73. The van der Waals surface area contributed by atoms with Gasteiger partial charge in [-0.05, 0) is 19.9 Å². The van der Waals surface area contributed by atoms with Gasteiger partial charge in [0.1, 0.15) is 16.5 Å². The van der Waals surface area contributed by atoms with Crippen molar-refractivity contribution in [1.29, 1.82) is 0 Å². The second-order valence-corrected chi connectivity index (χ2v) is 5.15. The number of phenols is 2. The van der Waals surface area contributed by atoms with E-state index in [1.807, 2.05) is 19.2 Å². The monoisotopic (exact) mass is 264 g/mol. The lowest BCUT2D eigenvalue weighted by Crippen LogP contribution is -2.22. The summed E-state index contributed by atoms with van der Waals surface area (Å²) < 4.78 is 0. The molecule has 5 heteroatoms. The number of thiazole rings is 1. The van der Waals surface area contributed by atoms with Crippen LogP contribution in [-0.2, 0) is 0 Å². The van der Waals surface area contributed by atoms with E-state index in [2.05, 4.69) is 10.3 Å². The van der Waals surface area contributed by atoms with Crippen molar-refractivity contribution < 1.29 is 10.2 Å². The van der Waals surface area contributed by atoms with Gasteiger partial charge >= 0.3 is 0 Å². The summed E-state index contributed by atoms with van der Waals surface area (Å²) in [5.41, 5.74) is 0.760. The Balaban J connectivity index is 2.10. The second kappa shape index (κ2) is 5.37. The molecule has 0 aliphatic rings. The molecule has 1 heterocycles. The summed E-state index contributed by atoms with van der Waals surface area (Å²) >= 11 is 1.60. The van der Waals surface area contributed by atoms with E-state index in [-0.39, 0.29) is 23.6 Å². The molecular weight excluding hydrogens is 248 g/mol. The van der Waals surface area contributed by atoms with Crippen molar-refractivity contribution in [2.75, 3.05) is 0 Å². The van der Waals surface area contributed by atoms with Crippen molar-refractivity contribution in [2.45, 2.75) is 25.9 Å². The van der Waals surface area contributed by atoms with Crippen LogP contribution in [0.5, 0.6) is 11.5 Å². The predicted molar refractivity (Wildman–Crippen MR) is 71.9 cm³/mol. The largest absolute Gasteiger partial charge is 0.508 e. The lowest BCUT2D eigenvalue weighted by molar-refractivity contribution is 0.427. The minimum absolute atomic E-state index is 0.0236. The SMILES string of the molecule is CC(NC(C)c1ccc(O)cc1O)c1nccs1. The van der Waals surface area contributed by atoms with Gasteiger partial charge in [0.15, 0.2) is 0 Å². The highest BCUT2D eigenvalue weighted by Crippen LogP contribution is 2.29. The molecule has 0 radical (unpaired) electrons. The van der Waals surface area contributed by atoms with Gasteiger partial charge in [0.2, 0.25) is 0 Å². The average Bonchev–Trinajstić information content (AvgIpc) is 2.81. The predicted octanol–water partition coefficient (Wildman–Crippen LogP) is 2.97. The molecule has 3 N–H and O–H groups in total. The Kier molecular flexibility index (Phi) is 3.84. The summed E-state index contributed by atoms with van der Waals surface area (Å²) in [5.74, 6) is 0.165. The second-order valence-electron chi connectivity index (χ2n) is 4.22. The quantitative estimate of drug-likeness (QED) is 0.794. The molecule has 2 atom stereocenters. The molecule has 0 amide bonds. The first-order chi connectivity index (χ1) is 8.58. The zero-order valence-electron chi connectivity index (χ0n) is 10.3. The molecule has 18 heavy (non-hydrogen) atoms. The van der Waals surface area contributed by atoms with Crippen molar-refractivity contribution >= 4 is 11.3 Å². The molecule has 0 spiro atoms. The molecule has 0 fully saturated rings. The molecule has 0 aliphatic heterocycles. The van der Waals surface area contributed by atoms with E-state index in [9.17, 15) is 10.2 Å². The first kappa shape index (κ1) is 12.9. The zero-order valence-corrected chi connectivity index (χ0v) is 11.1. The molecule has 1 aromatic carbocycles. The number of rotatable bonds is 4. The lowest BCUT2D eigenvalue weighted by Gasteiger charge is -2.19. The van der Waals surface area contributed by atoms with Gasteiger partial charge in [-0.3, -0.25) is 0 Å². The van der Waals surface area contributed by atoms with Crippen LogP contribution in [0.2, 0.25) is 0 Å². The standard InChI is InChI=1S/C13H16N2O2S/c1-8(11-4-3-10(16)7-12(11)17)15-9(2)13-14-5-6-18-13/h3-9,15-17H,1-2H3. The summed E-state index contributed by atoms with van der Waals surface area (Å²) in [6.07, 6.45) is 1.78. The van der Waals surface area contributed by atoms with Crippen molar-refractivity contribution in [3.63, 3.8) is 0 Å². The fourth-order valence-corrected chi connectivity index (χ4v) is 2.54. The normalized spacial score (nSPS) is 14.3. The highest BCUT2D eigenvalue weighted by molar-refractivity contribution is 7.09. The molecule has 2 rings (SSSR count). The van der Waals surface area contributed by atoms with Crippen molar-refractivity contribution in [3.05, 3.63) is 40.3 Å². The summed E-state index contributed by atoms with van der Waals surface area (Å²) in [4.78, 5) is 4.25. The topological polar surface area (TPSA) is 65.4 Å². The number of hydrogen-bond acceptors (Lipinski definition) is 5. The lowest BCUT2D eigenvalue weighted by atomic mass is 10.1. The van der Waals surface area contributed by atoms with Crippen LogP contribution in [0.3, 0.4) is 0 Å². The van der Waals surface area contributed by atoms with E-state index in [1.54, 1.807) is 29.7 Å². The van der Waals surface area contributed by atoms with Crippen LogP contribution in [0, 0.1) is 0 Å². The Morgan fingerprint density at radius 3 is 2.61 bits per heavy atom. The van der Waals surface area contributed by atoms with Crippen LogP contribution in [0.1, 0.15) is 36.5 Å². The fourth-order valence-electron chi connectivity index (χ4n) is 1.88. The van der Waals surface area contributed by atoms with Crippen molar-refractivity contribution in [2.24, 2.45) is 0 Å². The number of aromatic nitrogens is 1. The third-order valence-corrected chi connectivity index (χ3v) is 3.76. The minimum Gasteiger partial charge on any atom is -0.508 e. The van der Waals surface area contributed by atoms with E-state index < -0.39 is 0 Å². The van der Waals surface area contributed by atoms with E-state index in [4.69, 9.17) is 0 Å². The van der Waals surface area contributed by atoms with Crippen LogP contribution >= 0.6 is 11.3 Å². The third-order valence-electron chi connectivity index (χ3n) is 2.80. The van der Waals surface area contributed by atoms with Gasteiger partial charge in [0.25, 0.3) is 0 Å². The Morgan fingerprint density at radius 1 is 1.22 bits per heavy atom. The molecule has 2 aromatic rings. The van der Waals surface area contributed by atoms with Gasteiger partial charge in [0, 0.05) is 29.2 Å². The molecule has 4 nitrogen and oxygen atoms in total. The summed E-state index contributed by atoms with van der Waals surface area (Å²) in [5, 5.41) is 25.4. The molecular formula is C13H16N2O2S. The molecule has 0 aliphatic carbocycles. The van der Waals surface area contributed by atoms with Gasteiger partial charge in [-0.15, -0.1) is 11.3 Å². The maximum Gasteiger partial charge on any atom is 0.124 e. The van der Waals surface area contributed by atoms with E-state index in [0.29, 0.717) is 0 Å². The van der Waals surface area contributed by atoms with Gasteiger partial charge < -0.3 is 15.5 Å². The number of phenolic OH excluding ortho intramolecular Hbond substituents is 2. The molecule has 1 aromatic heterocycles. The van der Waals surface area contributed by atoms with Crippen LogP contribution in [0.25, 0.3) is 0 Å². The van der Waals surface area contributed by atoms with Crippen LogP contribution in [0.15, 0.2) is 29.8 Å². The maximum absolute atomic E-state index is 9.79. The fraction of sp³-hybridized carbons (Fsp3) is 0.308. The van der Waals surface area contributed by atoms with Crippen molar-refractivity contribution in [3.8, 4) is 11.5 Å². The molecule has 96 valence electrons. The van der Waals surface area contributed by atoms with Crippen LogP contribution < -0.4 is 5.32 Å². The first-order valence-corrected chi connectivity index (χ1v) is 6.63. The Hall–Kier alpha value is -1.59. The van der Waals surface area contributed by atoms with E-state index in [1.165, 1.54) is 6.07 Å². The van der Waals surface area contributed by atoms with Crippen LogP contribution in [-0.4, -0.2) is 15.2 Å². The maximum atomic E-state index is 9.79. The smallest absolute Gasteiger partial charge is 0.124 e. The molecule has 0 saturated carbocycles. The number of aromatic hydroxyl groups is 2. The van der Waals surface area contributed by atoms with Crippen LogP contribution in [0.4, 0.5) is 0 Å². The highest BCUT2D eigenvalue weighted by Gasteiger charge is 2.15. The van der Waals surface area contributed by atoms with E-state index >= 15 is 0 Å². The number of hydrogen-bond donors (Lipinski definition) is 3. The van der Waals surface area contributed by atoms with Crippen molar-refractivity contribution in [1.82, 2.24) is 10.3 Å². The van der Waals surface area contributed by atoms with Gasteiger partial charge in [-0.2, -0.15) is 0 Å². The summed E-state index contributed by atoms with van der Waals surface area (Å²) in [7, 11) is 0. The average molecular weight is 264 g/mol. The van der Waals surface area contributed by atoms with Gasteiger partial charge in [-0.25, -0.2) is 4.98 Å². The molecule has 2 unspecified atom stereocenters. The minimum atomic E-state index is -0.0236. The number of nitrogens with zero attached hydrogens (tertiary/aromatic N) is 1. The Morgan fingerprint density at radius 2 is 2.00 bits per heavy atom. The third kappa shape index (κ3) is 2.80. The van der Waals surface area contributed by atoms with Gasteiger partial charge in [0.05, 0.1) is 6.04 Å². The number of benzene rings is 1. The number of nitrogens with one attached hydrogen (secondary N) is 1. The van der Waals surface area contributed by atoms with E-state index in [0.717, 1.165) is 10.6 Å². The molecule has 0 saturated heterocycles. The van der Waals surface area contributed by atoms with Gasteiger partial charge in [-0.1, -0.05) is 6.07 Å².